The number of amidine groups is 1. The minimum absolute atomic E-state index is 0.172. The molecule has 7 heteroatoms. The summed E-state index contributed by atoms with van der Waals surface area (Å²) in [4.78, 5) is 0. The molecule has 0 aliphatic carbocycles. The van der Waals surface area contributed by atoms with Crippen LogP contribution in [0.1, 0.15) is 0 Å². The maximum absolute atomic E-state index is 11.4. The number of halogens is 3. The van der Waals surface area contributed by atoms with Gasteiger partial charge in [-0.2, -0.15) is 18.3 Å². The number of hydrazone groups is 1. The standard InChI is InChI=1S/C4H8F3N3O/c5-4(6,7)2-11-1-3(8)10-9/h1-2,9H2,(H2,8,10). The number of hydrogen-bond acceptors (Lipinski definition) is 3. The Hall–Kier alpha value is -0.980. The molecule has 0 rings (SSSR count). The molecule has 0 heterocycles. The van der Waals surface area contributed by atoms with E-state index in [-0.39, 0.29) is 5.84 Å². The molecule has 4 nitrogen and oxygen atoms in total. The largest absolute Gasteiger partial charge is 0.411 e. The molecule has 0 aromatic rings. The third-order valence-corrected chi connectivity index (χ3v) is 0.681. The van der Waals surface area contributed by atoms with E-state index in [1.54, 1.807) is 0 Å². The first-order valence-corrected chi connectivity index (χ1v) is 2.62. The smallest absolute Gasteiger partial charge is 0.384 e. The lowest BCUT2D eigenvalue weighted by Crippen LogP contribution is -2.25. The van der Waals surface area contributed by atoms with Crippen molar-refractivity contribution in [1.29, 1.82) is 0 Å². The minimum Gasteiger partial charge on any atom is -0.384 e. The zero-order chi connectivity index (χ0) is 8.91. The van der Waals surface area contributed by atoms with E-state index < -0.39 is 19.4 Å². The lowest BCUT2D eigenvalue weighted by Gasteiger charge is -2.05. The Bertz CT molecular complexity index is 144. The van der Waals surface area contributed by atoms with Crippen molar-refractivity contribution >= 4 is 5.84 Å². The minimum atomic E-state index is -4.34. The van der Waals surface area contributed by atoms with Gasteiger partial charge < -0.3 is 16.3 Å². The number of nitrogens with two attached hydrogens (primary N) is 2. The molecule has 0 saturated heterocycles. The van der Waals surface area contributed by atoms with Gasteiger partial charge in [-0.25, -0.2) is 0 Å². The second-order valence-corrected chi connectivity index (χ2v) is 1.73. The Kier molecular flexibility index (Phi) is 3.66. The van der Waals surface area contributed by atoms with Gasteiger partial charge in [-0.05, 0) is 0 Å². The summed E-state index contributed by atoms with van der Waals surface area (Å²) in [6.07, 6.45) is -4.34. The lowest BCUT2D eigenvalue weighted by molar-refractivity contribution is -0.170. The summed E-state index contributed by atoms with van der Waals surface area (Å²) in [7, 11) is 0. The van der Waals surface area contributed by atoms with Gasteiger partial charge in [0.25, 0.3) is 0 Å². The summed E-state index contributed by atoms with van der Waals surface area (Å²) >= 11 is 0. The van der Waals surface area contributed by atoms with Crippen molar-refractivity contribution < 1.29 is 17.9 Å². The van der Waals surface area contributed by atoms with Gasteiger partial charge in [0.2, 0.25) is 0 Å². The highest BCUT2D eigenvalue weighted by Gasteiger charge is 2.27. The summed E-state index contributed by atoms with van der Waals surface area (Å²) in [6.45, 7) is -1.75. The van der Waals surface area contributed by atoms with E-state index in [4.69, 9.17) is 5.73 Å². The number of rotatable bonds is 3. The van der Waals surface area contributed by atoms with Crippen molar-refractivity contribution in [1.82, 2.24) is 0 Å². The molecule has 0 atom stereocenters. The van der Waals surface area contributed by atoms with Crippen LogP contribution in [-0.4, -0.2) is 25.2 Å². The Morgan fingerprint density at radius 1 is 1.45 bits per heavy atom. The molecule has 0 aliphatic heterocycles. The van der Waals surface area contributed by atoms with Crippen LogP contribution in [0.4, 0.5) is 13.2 Å². The Morgan fingerprint density at radius 2 is 2.00 bits per heavy atom. The van der Waals surface area contributed by atoms with Gasteiger partial charge >= 0.3 is 6.18 Å². The van der Waals surface area contributed by atoms with Crippen LogP contribution in [0, 0.1) is 0 Å². The van der Waals surface area contributed by atoms with Crippen molar-refractivity contribution in [3.05, 3.63) is 0 Å². The van der Waals surface area contributed by atoms with Crippen LogP contribution >= 0.6 is 0 Å². The number of ether oxygens (including phenoxy) is 1. The molecule has 0 bridgehead atoms. The van der Waals surface area contributed by atoms with Crippen molar-refractivity contribution in [3.63, 3.8) is 0 Å². The zero-order valence-electron chi connectivity index (χ0n) is 5.56. The van der Waals surface area contributed by atoms with Crippen LogP contribution in [0.2, 0.25) is 0 Å². The Labute approximate surface area is 61.0 Å². The van der Waals surface area contributed by atoms with Crippen LogP contribution in [-0.2, 0) is 4.74 Å². The van der Waals surface area contributed by atoms with Crippen molar-refractivity contribution in [2.75, 3.05) is 13.2 Å². The average molecular weight is 171 g/mol. The average Bonchev–Trinajstić information content (AvgIpc) is 1.85. The molecule has 4 N–H and O–H groups in total. The van der Waals surface area contributed by atoms with Gasteiger partial charge in [0.15, 0.2) is 0 Å². The monoisotopic (exact) mass is 171 g/mol. The molecule has 0 saturated carbocycles. The van der Waals surface area contributed by atoms with Gasteiger partial charge in [-0.1, -0.05) is 0 Å². The van der Waals surface area contributed by atoms with Gasteiger partial charge in [0.1, 0.15) is 19.0 Å². The van der Waals surface area contributed by atoms with Crippen molar-refractivity contribution in [2.45, 2.75) is 6.18 Å². The Balaban J connectivity index is 3.43. The molecule has 0 unspecified atom stereocenters. The molecular formula is C4H8F3N3O. The van der Waals surface area contributed by atoms with E-state index in [0.29, 0.717) is 0 Å². The first-order valence-electron chi connectivity index (χ1n) is 2.62. The van der Waals surface area contributed by atoms with Crippen molar-refractivity contribution in [3.8, 4) is 0 Å². The predicted octanol–water partition coefficient (Wildman–Crippen LogP) is -0.204. The van der Waals surface area contributed by atoms with Gasteiger partial charge in [0.05, 0.1) is 0 Å². The second kappa shape index (κ2) is 4.02. The van der Waals surface area contributed by atoms with Crippen molar-refractivity contribution in [2.24, 2.45) is 16.7 Å². The van der Waals surface area contributed by atoms with E-state index in [9.17, 15) is 13.2 Å². The Morgan fingerprint density at radius 3 is 2.36 bits per heavy atom. The van der Waals surface area contributed by atoms with Crippen LogP contribution in [0.25, 0.3) is 0 Å². The molecule has 0 amide bonds. The van der Waals surface area contributed by atoms with E-state index in [1.807, 2.05) is 0 Å². The van der Waals surface area contributed by atoms with E-state index in [0.717, 1.165) is 0 Å². The third-order valence-electron chi connectivity index (χ3n) is 0.681. The zero-order valence-corrected chi connectivity index (χ0v) is 5.56. The summed E-state index contributed by atoms with van der Waals surface area (Å²) in [6, 6.07) is 0. The third kappa shape index (κ3) is 6.91. The summed E-state index contributed by atoms with van der Waals surface area (Å²) in [5.41, 5.74) is 4.93. The maximum atomic E-state index is 11.4. The molecule has 0 aromatic heterocycles. The fraction of sp³-hybridized carbons (Fsp3) is 0.750. The van der Waals surface area contributed by atoms with Gasteiger partial charge in [-0.15, -0.1) is 0 Å². The molecule has 66 valence electrons. The molecule has 0 radical (unpaired) electrons. The molecule has 0 aromatic carbocycles. The summed E-state index contributed by atoms with van der Waals surface area (Å²) < 4.78 is 38.2. The van der Waals surface area contributed by atoms with Gasteiger partial charge in [-0.3, -0.25) is 0 Å². The van der Waals surface area contributed by atoms with E-state index in [2.05, 4.69) is 15.7 Å². The summed E-state index contributed by atoms with van der Waals surface area (Å²) in [5, 5.41) is 2.91. The molecule has 0 aliphatic rings. The summed E-state index contributed by atoms with van der Waals surface area (Å²) in [5.74, 6) is 4.45. The van der Waals surface area contributed by atoms with Crippen LogP contribution < -0.4 is 11.6 Å². The topological polar surface area (TPSA) is 73.6 Å². The van der Waals surface area contributed by atoms with Crippen LogP contribution in [0.5, 0.6) is 0 Å². The predicted molar refractivity (Wildman–Crippen MR) is 32.7 cm³/mol. The number of nitrogens with zero attached hydrogens (tertiary/aromatic N) is 1. The fourth-order valence-corrected chi connectivity index (χ4v) is 0.309. The molecular weight excluding hydrogens is 163 g/mol. The lowest BCUT2D eigenvalue weighted by atomic mass is 10.6. The van der Waals surface area contributed by atoms with Crippen LogP contribution in [0.3, 0.4) is 0 Å². The maximum Gasteiger partial charge on any atom is 0.411 e. The molecule has 11 heavy (non-hydrogen) atoms. The first-order chi connectivity index (χ1) is 4.95. The SMILES string of the molecule is NN=C(N)COCC(F)(F)F. The quantitative estimate of drug-likeness (QED) is 0.267. The highest BCUT2D eigenvalue weighted by Crippen LogP contribution is 2.13. The number of alkyl halides is 3. The normalized spacial score (nSPS) is 13.5. The first kappa shape index (κ1) is 10.0. The number of hydrogen-bond donors (Lipinski definition) is 2. The second-order valence-electron chi connectivity index (χ2n) is 1.73. The van der Waals surface area contributed by atoms with Crippen LogP contribution in [0.15, 0.2) is 5.10 Å². The highest BCUT2D eigenvalue weighted by molar-refractivity contribution is 5.81. The van der Waals surface area contributed by atoms with E-state index >= 15 is 0 Å². The highest BCUT2D eigenvalue weighted by atomic mass is 19.4. The molecule has 0 fully saturated rings. The van der Waals surface area contributed by atoms with Gasteiger partial charge in [0, 0.05) is 0 Å². The fourth-order valence-electron chi connectivity index (χ4n) is 0.309. The van der Waals surface area contributed by atoms with E-state index in [1.165, 1.54) is 0 Å². The molecule has 0 spiro atoms.